The average Bonchev–Trinajstić information content (AvgIpc) is 3.14. The van der Waals surface area contributed by atoms with Gasteiger partial charge in [-0.05, 0) is 31.2 Å². The van der Waals surface area contributed by atoms with Gasteiger partial charge in [0.25, 0.3) is 17.7 Å². The summed E-state index contributed by atoms with van der Waals surface area (Å²) in [7, 11) is 0. The van der Waals surface area contributed by atoms with Gasteiger partial charge in [-0.15, -0.1) is 0 Å². The molecule has 0 saturated carbocycles. The van der Waals surface area contributed by atoms with Crippen LogP contribution in [-0.2, 0) is 0 Å². The van der Waals surface area contributed by atoms with E-state index in [-0.39, 0.29) is 5.91 Å². The topological polar surface area (TPSA) is 72.3 Å². The van der Waals surface area contributed by atoms with Crippen LogP contribution in [0.1, 0.15) is 32.4 Å². The van der Waals surface area contributed by atoms with Crippen molar-refractivity contribution in [1.82, 2.24) is 14.5 Å². The zero-order valence-electron chi connectivity index (χ0n) is 12.8. The van der Waals surface area contributed by atoms with Crippen LogP contribution in [0.5, 0.6) is 0 Å². The van der Waals surface area contributed by atoms with Crippen LogP contribution < -0.4 is 0 Å². The standard InChI is InChI=1S/C18H13N3O3/c1-11(16(22)20-10-19-14-8-4-5-9-15(14)20)21-17(23)12-6-2-3-7-13(12)18(21)24/h2-11H,1H3. The lowest BCUT2D eigenvalue weighted by Gasteiger charge is -2.21. The van der Waals surface area contributed by atoms with E-state index in [2.05, 4.69) is 4.98 Å². The number of hydrogen-bond acceptors (Lipinski definition) is 4. The van der Waals surface area contributed by atoms with Crippen LogP contribution in [0.2, 0.25) is 0 Å². The molecule has 1 aliphatic heterocycles. The van der Waals surface area contributed by atoms with Crippen LogP contribution >= 0.6 is 0 Å². The van der Waals surface area contributed by atoms with Crippen LogP contribution in [-0.4, -0.2) is 38.2 Å². The SMILES string of the molecule is CC(C(=O)n1cnc2ccccc21)N1C(=O)c2ccccc2C1=O. The maximum atomic E-state index is 12.8. The molecule has 0 aliphatic carbocycles. The first-order chi connectivity index (χ1) is 11.6. The predicted octanol–water partition coefficient (Wildman–Crippen LogP) is 2.36. The largest absolute Gasteiger partial charge is 0.272 e. The van der Waals surface area contributed by atoms with Gasteiger partial charge < -0.3 is 0 Å². The summed E-state index contributed by atoms with van der Waals surface area (Å²) < 4.78 is 1.38. The van der Waals surface area contributed by atoms with Crippen LogP contribution in [0, 0.1) is 0 Å². The Balaban J connectivity index is 1.72. The molecular weight excluding hydrogens is 306 g/mol. The van der Waals surface area contributed by atoms with Crippen molar-refractivity contribution in [3.05, 3.63) is 66.0 Å². The molecule has 2 aromatic carbocycles. The second kappa shape index (κ2) is 5.13. The molecular formula is C18H13N3O3. The normalized spacial score (nSPS) is 15.0. The lowest BCUT2D eigenvalue weighted by atomic mass is 10.1. The number of amides is 2. The Bertz CT molecular complexity index is 970. The molecule has 4 rings (SSSR count). The first-order valence-corrected chi connectivity index (χ1v) is 7.53. The lowest BCUT2D eigenvalue weighted by molar-refractivity contribution is 0.0530. The minimum atomic E-state index is -0.921. The molecule has 1 aromatic heterocycles. The van der Waals surface area contributed by atoms with Crippen molar-refractivity contribution in [2.75, 3.05) is 0 Å². The van der Waals surface area contributed by atoms with Gasteiger partial charge in [-0.3, -0.25) is 23.9 Å². The molecule has 24 heavy (non-hydrogen) atoms. The number of carbonyl (C=O) groups is 3. The second-order valence-corrected chi connectivity index (χ2v) is 5.64. The predicted molar refractivity (Wildman–Crippen MR) is 86.8 cm³/mol. The van der Waals surface area contributed by atoms with Crippen molar-refractivity contribution in [3.63, 3.8) is 0 Å². The van der Waals surface area contributed by atoms with E-state index in [0.717, 1.165) is 4.90 Å². The lowest BCUT2D eigenvalue weighted by Crippen LogP contribution is -2.44. The molecule has 2 heterocycles. The summed E-state index contributed by atoms with van der Waals surface area (Å²) in [5, 5.41) is 0. The molecule has 6 nitrogen and oxygen atoms in total. The van der Waals surface area contributed by atoms with Gasteiger partial charge in [0.2, 0.25) is 0 Å². The molecule has 118 valence electrons. The van der Waals surface area contributed by atoms with Crippen molar-refractivity contribution in [1.29, 1.82) is 0 Å². The number of carbonyl (C=O) groups excluding carboxylic acids is 3. The van der Waals surface area contributed by atoms with Crippen molar-refractivity contribution in [2.24, 2.45) is 0 Å². The third-order valence-electron chi connectivity index (χ3n) is 4.26. The molecule has 1 aliphatic rings. The van der Waals surface area contributed by atoms with Crippen molar-refractivity contribution in [3.8, 4) is 0 Å². The Kier molecular flexibility index (Phi) is 3.06. The van der Waals surface area contributed by atoms with Gasteiger partial charge in [-0.25, -0.2) is 4.98 Å². The van der Waals surface area contributed by atoms with E-state index in [9.17, 15) is 14.4 Å². The molecule has 6 heteroatoms. The summed E-state index contributed by atoms with van der Waals surface area (Å²) in [6.45, 7) is 1.55. The Labute approximate surface area is 137 Å². The summed E-state index contributed by atoms with van der Waals surface area (Å²) in [6, 6.07) is 12.9. The summed E-state index contributed by atoms with van der Waals surface area (Å²) >= 11 is 0. The summed E-state index contributed by atoms with van der Waals surface area (Å²) in [5.41, 5.74) is 1.99. The Morgan fingerprint density at radius 3 is 2.21 bits per heavy atom. The molecule has 2 amide bonds. The van der Waals surface area contributed by atoms with Crippen LogP contribution in [0.15, 0.2) is 54.9 Å². The molecule has 0 radical (unpaired) electrons. The van der Waals surface area contributed by atoms with E-state index in [0.29, 0.717) is 22.2 Å². The van der Waals surface area contributed by atoms with Crippen LogP contribution in [0.3, 0.4) is 0 Å². The summed E-state index contributed by atoms with van der Waals surface area (Å²) in [5.74, 6) is -1.26. The monoisotopic (exact) mass is 319 g/mol. The van der Waals surface area contributed by atoms with Crippen molar-refractivity contribution in [2.45, 2.75) is 13.0 Å². The fourth-order valence-electron chi connectivity index (χ4n) is 3.01. The van der Waals surface area contributed by atoms with Gasteiger partial charge in [0.15, 0.2) is 0 Å². The number of fused-ring (bicyclic) bond motifs is 2. The van der Waals surface area contributed by atoms with Gasteiger partial charge in [0.05, 0.1) is 22.2 Å². The quantitative estimate of drug-likeness (QED) is 0.680. The second-order valence-electron chi connectivity index (χ2n) is 5.64. The van der Waals surface area contributed by atoms with E-state index in [1.807, 2.05) is 6.07 Å². The maximum Gasteiger partial charge on any atom is 0.262 e. The first-order valence-electron chi connectivity index (χ1n) is 7.53. The van der Waals surface area contributed by atoms with Crippen LogP contribution in [0.4, 0.5) is 0 Å². The van der Waals surface area contributed by atoms with Gasteiger partial charge in [-0.1, -0.05) is 24.3 Å². The number of aromatic nitrogens is 2. The highest BCUT2D eigenvalue weighted by atomic mass is 16.2. The van der Waals surface area contributed by atoms with Gasteiger partial charge >= 0.3 is 0 Å². The third kappa shape index (κ3) is 1.89. The fraction of sp³-hybridized carbons (Fsp3) is 0.111. The molecule has 1 unspecified atom stereocenters. The summed E-state index contributed by atoms with van der Waals surface area (Å²) in [4.78, 5) is 43.0. The van der Waals surface area contributed by atoms with E-state index in [1.54, 1.807) is 49.4 Å². The number of hydrogen-bond donors (Lipinski definition) is 0. The number of para-hydroxylation sites is 2. The minimum absolute atomic E-state index is 0.331. The zero-order chi connectivity index (χ0) is 16.8. The highest BCUT2D eigenvalue weighted by molar-refractivity contribution is 6.23. The van der Waals surface area contributed by atoms with Crippen molar-refractivity contribution < 1.29 is 14.4 Å². The molecule has 0 fully saturated rings. The van der Waals surface area contributed by atoms with E-state index in [1.165, 1.54) is 10.9 Å². The molecule has 0 saturated heterocycles. The molecule has 3 aromatic rings. The third-order valence-corrected chi connectivity index (χ3v) is 4.26. The highest BCUT2D eigenvalue weighted by Crippen LogP contribution is 2.25. The van der Waals surface area contributed by atoms with E-state index in [4.69, 9.17) is 0 Å². The van der Waals surface area contributed by atoms with Crippen molar-refractivity contribution >= 4 is 28.8 Å². The Morgan fingerprint density at radius 2 is 1.54 bits per heavy atom. The highest BCUT2D eigenvalue weighted by Gasteiger charge is 2.41. The fourth-order valence-corrected chi connectivity index (χ4v) is 3.01. The number of nitrogens with zero attached hydrogens (tertiary/aromatic N) is 3. The Hall–Kier alpha value is -3.28. The zero-order valence-corrected chi connectivity index (χ0v) is 12.8. The van der Waals surface area contributed by atoms with Crippen LogP contribution in [0.25, 0.3) is 11.0 Å². The number of benzene rings is 2. The summed E-state index contributed by atoms with van der Waals surface area (Å²) in [6.07, 6.45) is 1.42. The number of rotatable bonds is 2. The molecule has 0 N–H and O–H groups in total. The van der Waals surface area contributed by atoms with E-state index < -0.39 is 17.9 Å². The molecule has 0 spiro atoms. The Morgan fingerprint density at radius 1 is 0.958 bits per heavy atom. The average molecular weight is 319 g/mol. The van der Waals surface area contributed by atoms with Gasteiger partial charge in [-0.2, -0.15) is 0 Å². The number of imide groups is 1. The van der Waals surface area contributed by atoms with E-state index >= 15 is 0 Å². The minimum Gasteiger partial charge on any atom is -0.272 e. The number of imidazole rings is 1. The van der Waals surface area contributed by atoms with Gasteiger partial charge in [0.1, 0.15) is 12.4 Å². The first kappa shape index (κ1) is 14.3. The molecule has 1 atom stereocenters. The van der Waals surface area contributed by atoms with Gasteiger partial charge in [0, 0.05) is 0 Å². The molecule has 0 bridgehead atoms. The maximum absolute atomic E-state index is 12.8. The smallest absolute Gasteiger partial charge is 0.262 e.